The first-order valence-electron chi connectivity index (χ1n) is 7.77. The van der Waals surface area contributed by atoms with Gasteiger partial charge < -0.3 is 4.74 Å². The molecule has 1 aromatic carbocycles. The molecule has 0 bridgehead atoms. The molecule has 26 heavy (non-hydrogen) atoms. The summed E-state index contributed by atoms with van der Waals surface area (Å²) in [6, 6.07) is 10.6. The molecule has 0 amide bonds. The van der Waals surface area contributed by atoms with Crippen molar-refractivity contribution in [3.63, 3.8) is 0 Å². The minimum absolute atomic E-state index is 0.440. The molecule has 0 atom stereocenters. The average Bonchev–Trinajstić information content (AvgIpc) is 2.95. The second kappa shape index (κ2) is 8.19. The number of ether oxygens (including phenoxy) is 1. The Kier molecular flexibility index (Phi) is 5.74. The fraction of sp³-hybridized carbons (Fsp3) is 0.167. The van der Waals surface area contributed by atoms with Gasteiger partial charge in [0, 0.05) is 17.8 Å². The van der Waals surface area contributed by atoms with E-state index in [4.69, 9.17) is 33.2 Å². The molecular weight excluding hydrogens is 373 g/mol. The molecule has 132 valence electrons. The number of rotatable bonds is 6. The van der Waals surface area contributed by atoms with Crippen molar-refractivity contribution in [1.82, 2.24) is 20.1 Å². The lowest BCUT2D eigenvalue weighted by atomic mass is 10.2. The number of hydrogen-bond donors (Lipinski definition) is 1. The van der Waals surface area contributed by atoms with Crippen LogP contribution in [0.5, 0.6) is 11.5 Å². The second-order valence-electron chi connectivity index (χ2n) is 5.56. The van der Waals surface area contributed by atoms with Crippen molar-refractivity contribution >= 4 is 23.2 Å². The normalized spacial score (nSPS) is 10.5. The smallest absolute Gasteiger partial charge is 0.168 e. The van der Waals surface area contributed by atoms with Gasteiger partial charge in [0.05, 0.1) is 35.2 Å². The molecule has 0 aliphatic rings. The first-order chi connectivity index (χ1) is 12.5. The highest BCUT2D eigenvalue weighted by atomic mass is 35.5. The van der Waals surface area contributed by atoms with E-state index in [1.54, 1.807) is 41.3 Å². The zero-order valence-electron chi connectivity index (χ0n) is 13.9. The van der Waals surface area contributed by atoms with Crippen LogP contribution < -0.4 is 10.1 Å². The van der Waals surface area contributed by atoms with Crippen LogP contribution in [0.2, 0.25) is 10.0 Å². The standard InChI is InChI=1S/C18H15Cl2N5O/c1-12-18(26-17-5-13(7-21)4-15(20)6-17)10-25(24-12)11-22-9-16-3-2-14(19)8-23-16/h2-6,8,10,22H,9,11H2,1H3. The number of nitrogens with one attached hydrogen (secondary N) is 1. The van der Waals surface area contributed by atoms with Gasteiger partial charge in [-0.15, -0.1) is 0 Å². The van der Waals surface area contributed by atoms with Gasteiger partial charge in [0.1, 0.15) is 11.4 Å². The van der Waals surface area contributed by atoms with Crippen molar-refractivity contribution in [2.75, 3.05) is 0 Å². The number of aromatic nitrogens is 3. The molecule has 0 fully saturated rings. The SMILES string of the molecule is Cc1nn(CNCc2ccc(Cl)cn2)cc1Oc1cc(Cl)cc(C#N)c1. The Balaban J connectivity index is 1.63. The van der Waals surface area contributed by atoms with E-state index in [1.165, 1.54) is 0 Å². The lowest BCUT2D eigenvalue weighted by molar-refractivity contribution is 0.474. The Morgan fingerprint density at radius 2 is 2.08 bits per heavy atom. The maximum atomic E-state index is 9.02. The van der Waals surface area contributed by atoms with Gasteiger partial charge in [0.25, 0.3) is 0 Å². The van der Waals surface area contributed by atoms with E-state index in [9.17, 15) is 0 Å². The molecule has 3 aromatic rings. The van der Waals surface area contributed by atoms with Crippen molar-refractivity contribution < 1.29 is 4.74 Å². The number of hydrogen-bond acceptors (Lipinski definition) is 5. The molecule has 0 spiro atoms. The summed E-state index contributed by atoms with van der Waals surface area (Å²) in [7, 11) is 0. The van der Waals surface area contributed by atoms with Crippen LogP contribution in [0, 0.1) is 18.3 Å². The van der Waals surface area contributed by atoms with Gasteiger partial charge >= 0.3 is 0 Å². The molecule has 0 aliphatic heterocycles. The molecule has 0 saturated heterocycles. The van der Waals surface area contributed by atoms with Gasteiger partial charge in [-0.1, -0.05) is 23.2 Å². The number of nitriles is 1. The van der Waals surface area contributed by atoms with Crippen LogP contribution in [-0.4, -0.2) is 14.8 Å². The zero-order chi connectivity index (χ0) is 18.5. The minimum Gasteiger partial charge on any atom is -0.454 e. The van der Waals surface area contributed by atoms with Gasteiger partial charge in [-0.05, 0) is 37.3 Å². The third-order valence-corrected chi connectivity index (χ3v) is 3.94. The van der Waals surface area contributed by atoms with Gasteiger partial charge in [-0.25, -0.2) is 0 Å². The Labute approximate surface area is 160 Å². The Morgan fingerprint density at radius 1 is 1.23 bits per heavy atom. The first kappa shape index (κ1) is 18.2. The second-order valence-corrected chi connectivity index (χ2v) is 6.43. The Bertz CT molecular complexity index is 947. The largest absolute Gasteiger partial charge is 0.454 e. The van der Waals surface area contributed by atoms with Crippen LogP contribution in [0.15, 0.2) is 42.7 Å². The van der Waals surface area contributed by atoms with E-state index in [0.717, 1.165) is 11.4 Å². The molecule has 8 heteroatoms. The van der Waals surface area contributed by atoms with E-state index < -0.39 is 0 Å². The van der Waals surface area contributed by atoms with Gasteiger partial charge in [-0.3, -0.25) is 15.0 Å². The quantitative estimate of drug-likeness (QED) is 0.681. The summed E-state index contributed by atoms with van der Waals surface area (Å²) in [6.45, 7) is 2.93. The molecule has 3 rings (SSSR count). The summed E-state index contributed by atoms with van der Waals surface area (Å²) in [5.41, 5.74) is 2.06. The minimum atomic E-state index is 0.440. The molecule has 0 aliphatic carbocycles. The molecule has 1 N–H and O–H groups in total. The fourth-order valence-corrected chi connectivity index (χ4v) is 2.64. The lowest BCUT2D eigenvalue weighted by Gasteiger charge is -2.05. The molecule has 2 heterocycles. The third-order valence-electron chi connectivity index (χ3n) is 3.50. The highest BCUT2D eigenvalue weighted by molar-refractivity contribution is 6.31. The summed E-state index contributed by atoms with van der Waals surface area (Å²) >= 11 is 11.8. The van der Waals surface area contributed by atoms with Crippen LogP contribution >= 0.6 is 23.2 Å². The van der Waals surface area contributed by atoms with Crippen molar-refractivity contribution in [1.29, 1.82) is 5.26 Å². The van der Waals surface area contributed by atoms with E-state index >= 15 is 0 Å². The fourth-order valence-electron chi connectivity index (χ4n) is 2.30. The third kappa shape index (κ3) is 4.73. The van der Waals surface area contributed by atoms with Crippen LogP contribution in [0.1, 0.15) is 17.0 Å². The van der Waals surface area contributed by atoms with E-state index in [2.05, 4.69) is 21.5 Å². The Hall–Kier alpha value is -2.59. The summed E-state index contributed by atoms with van der Waals surface area (Å²) in [5, 5.41) is 17.7. The number of nitrogens with zero attached hydrogens (tertiary/aromatic N) is 4. The van der Waals surface area contributed by atoms with Crippen LogP contribution in [-0.2, 0) is 13.2 Å². The van der Waals surface area contributed by atoms with E-state index in [0.29, 0.717) is 40.3 Å². The van der Waals surface area contributed by atoms with Crippen LogP contribution in [0.4, 0.5) is 0 Å². The number of halogens is 2. The molecule has 6 nitrogen and oxygen atoms in total. The highest BCUT2D eigenvalue weighted by Gasteiger charge is 2.09. The molecule has 2 aromatic heterocycles. The number of benzene rings is 1. The van der Waals surface area contributed by atoms with Gasteiger partial charge in [0.2, 0.25) is 0 Å². The van der Waals surface area contributed by atoms with Crippen molar-refractivity contribution in [3.8, 4) is 17.6 Å². The van der Waals surface area contributed by atoms with Crippen LogP contribution in [0.25, 0.3) is 0 Å². The van der Waals surface area contributed by atoms with Crippen LogP contribution in [0.3, 0.4) is 0 Å². The van der Waals surface area contributed by atoms with Crippen molar-refractivity contribution in [3.05, 3.63) is 69.7 Å². The maximum Gasteiger partial charge on any atom is 0.168 e. The number of pyridine rings is 1. The van der Waals surface area contributed by atoms with Crippen molar-refractivity contribution in [2.45, 2.75) is 20.1 Å². The molecule has 0 saturated carbocycles. The molecular formula is C18H15Cl2N5O. The molecule has 0 unspecified atom stereocenters. The summed E-state index contributed by atoms with van der Waals surface area (Å²) in [4.78, 5) is 4.22. The molecule has 0 radical (unpaired) electrons. The van der Waals surface area contributed by atoms with E-state index in [-0.39, 0.29) is 0 Å². The van der Waals surface area contributed by atoms with Gasteiger partial charge in [0.15, 0.2) is 5.75 Å². The predicted octanol–water partition coefficient (Wildman–Crippen LogP) is 4.30. The summed E-state index contributed by atoms with van der Waals surface area (Å²) in [6.07, 6.45) is 3.40. The first-order valence-corrected chi connectivity index (χ1v) is 8.53. The summed E-state index contributed by atoms with van der Waals surface area (Å²) < 4.78 is 7.55. The summed E-state index contributed by atoms with van der Waals surface area (Å²) in [5.74, 6) is 1.09. The van der Waals surface area contributed by atoms with Gasteiger partial charge in [-0.2, -0.15) is 10.4 Å². The predicted molar refractivity (Wildman–Crippen MR) is 99.3 cm³/mol. The lowest BCUT2D eigenvalue weighted by Crippen LogP contribution is -2.19. The Morgan fingerprint density at radius 3 is 2.81 bits per heavy atom. The van der Waals surface area contributed by atoms with Crippen molar-refractivity contribution in [2.24, 2.45) is 0 Å². The highest BCUT2D eigenvalue weighted by Crippen LogP contribution is 2.27. The monoisotopic (exact) mass is 387 g/mol. The average molecular weight is 388 g/mol. The topological polar surface area (TPSA) is 75.8 Å². The van der Waals surface area contributed by atoms with E-state index in [1.807, 2.05) is 13.0 Å². The maximum absolute atomic E-state index is 9.02. The zero-order valence-corrected chi connectivity index (χ0v) is 15.4. The number of aryl methyl sites for hydroxylation is 1.